The van der Waals surface area contributed by atoms with E-state index < -0.39 is 12.9 Å². The summed E-state index contributed by atoms with van der Waals surface area (Å²) < 4.78 is 0. The fourth-order valence-corrected chi connectivity index (χ4v) is 0.0577. The second-order valence-electron chi connectivity index (χ2n) is 1.16. The van der Waals surface area contributed by atoms with Crippen LogP contribution in [-0.4, -0.2) is 51.6 Å². The van der Waals surface area contributed by atoms with E-state index in [4.69, 9.17) is 25.5 Å². The van der Waals surface area contributed by atoms with Crippen molar-refractivity contribution in [1.29, 1.82) is 0 Å². The molecule has 11 heavy (non-hydrogen) atoms. The number of aliphatic hydroxyl groups is 5. The Morgan fingerprint density at radius 3 is 1.09 bits per heavy atom. The van der Waals surface area contributed by atoms with Crippen molar-refractivity contribution in [3.8, 4) is 0 Å². The van der Waals surface area contributed by atoms with Crippen molar-refractivity contribution in [2.75, 3.05) is 20.0 Å². The molecule has 0 rings (SSSR count). The topological polar surface area (TPSA) is 101 Å². The van der Waals surface area contributed by atoms with Gasteiger partial charge in [0.2, 0.25) is 0 Å². The second kappa shape index (κ2) is 22.6. The van der Waals surface area contributed by atoms with Gasteiger partial charge in [0.25, 0.3) is 0 Å². The molecule has 0 aliphatic rings. The lowest BCUT2D eigenvalue weighted by Gasteiger charge is -1.96. The predicted octanol–water partition coefficient (Wildman–Crippen LogP) is -1.71. The summed E-state index contributed by atoms with van der Waals surface area (Å²) in [6.07, 6.45) is -0.954. The molecule has 0 aromatic carbocycles. The molecule has 0 saturated carbocycles. The van der Waals surface area contributed by atoms with E-state index in [0.29, 0.717) is 0 Å². The van der Waals surface area contributed by atoms with Gasteiger partial charge >= 0.3 is 0 Å². The Balaban J connectivity index is -0.000000109. The highest BCUT2D eigenvalue weighted by atomic mass is 16.5. The minimum absolute atomic E-state index is 0.365. The highest BCUT2D eigenvalue weighted by Gasteiger charge is 1.93. The molecule has 72 valence electrons. The average Bonchev–Trinajstić information content (AvgIpc) is 2.08. The molecule has 5 heteroatoms. The lowest BCUT2D eigenvalue weighted by Crippen LogP contribution is -2.15. The summed E-state index contributed by atoms with van der Waals surface area (Å²) in [5.41, 5.74) is 0. The minimum Gasteiger partial charge on any atom is -0.394 e. The molecule has 0 fully saturated rings. The van der Waals surface area contributed by atoms with Gasteiger partial charge in [0, 0.05) is 0 Å². The summed E-state index contributed by atoms with van der Waals surface area (Å²) in [4.78, 5) is 0. The largest absolute Gasteiger partial charge is 0.394 e. The molecule has 0 aliphatic heterocycles. The van der Waals surface area contributed by atoms with Crippen molar-refractivity contribution >= 4 is 0 Å². The lowest BCUT2D eigenvalue weighted by molar-refractivity contribution is 0.0450. The zero-order valence-corrected chi connectivity index (χ0v) is 6.93. The lowest BCUT2D eigenvalue weighted by atomic mass is 10.4. The first-order chi connectivity index (χ1) is 5.22. The maximum absolute atomic E-state index is 8.17. The normalized spacial score (nSPS) is 7.64. The van der Waals surface area contributed by atoms with Gasteiger partial charge in [-0.2, -0.15) is 0 Å². The molecule has 0 atom stereocenters. The van der Waals surface area contributed by atoms with Crippen LogP contribution in [0.15, 0.2) is 0 Å². The first-order valence-corrected chi connectivity index (χ1v) is 3.34. The number of aliphatic hydroxyl groups excluding tert-OH is 4. The molecule has 0 aliphatic carbocycles. The second-order valence-corrected chi connectivity index (χ2v) is 1.16. The Labute approximate surface area is 66.5 Å². The van der Waals surface area contributed by atoms with Crippen LogP contribution in [0.1, 0.15) is 13.8 Å². The SMILES string of the molecule is CC.OCC(O)CO.OCO. The molecule has 0 aromatic heterocycles. The highest BCUT2D eigenvalue weighted by molar-refractivity contribution is 4.43. The van der Waals surface area contributed by atoms with E-state index in [2.05, 4.69) is 0 Å². The van der Waals surface area contributed by atoms with Crippen molar-refractivity contribution in [3.05, 3.63) is 0 Å². The summed E-state index contributed by atoms with van der Waals surface area (Å²) in [6, 6.07) is 0. The first-order valence-electron chi connectivity index (χ1n) is 3.34. The standard InChI is InChI=1S/C3H8O3.C2H6.CH4O2/c4-1-3(6)2-5;1-2;2-1-3/h3-6H,1-2H2;1-2H3;2-3H,1H2. The van der Waals surface area contributed by atoms with Gasteiger partial charge in [-0.05, 0) is 0 Å². The Hall–Kier alpha value is -0.200. The molecule has 0 aromatic rings. The predicted molar refractivity (Wildman–Crippen MR) is 40.8 cm³/mol. The molecular weight excluding hydrogens is 152 g/mol. The van der Waals surface area contributed by atoms with Crippen LogP contribution in [-0.2, 0) is 0 Å². The molecule has 0 unspecified atom stereocenters. The van der Waals surface area contributed by atoms with Crippen LogP contribution in [0.25, 0.3) is 0 Å². The monoisotopic (exact) mass is 170 g/mol. The van der Waals surface area contributed by atoms with Crippen molar-refractivity contribution in [1.82, 2.24) is 0 Å². The Morgan fingerprint density at radius 2 is 1.09 bits per heavy atom. The van der Waals surface area contributed by atoms with Crippen molar-refractivity contribution in [3.63, 3.8) is 0 Å². The van der Waals surface area contributed by atoms with Gasteiger partial charge in [-0.3, -0.25) is 0 Å². The van der Waals surface area contributed by atoms with Crippen LogP contribution < -0.4 is 0 Å². The minimum atomic E-state index is -0.954. The van der Waals surface area contributed by atoms with Crippen LogP contribution in [0.2, 0.25) is 0 Å². The van der Waals surface area contributed by atoms with E-state index in [1.807, 2.05) is 13.8 Å². The quantitative estimate of drug-likeness (QED) is 0.318. The zero-order chi connectivity index (χ0) is 9.70. The van der Waals surface area contributed by atoms with Crippen LogP contribution in [0.4, 0.5) is 0 Å². The molecule has 0 heterocycles. The van der Waals surface area contributed by atoms with Crippen LogP contribution >= 0.6 is 0 Å². The van der Waals surface area contributed by atoms with Crippen molar-refractivity contribution < 1.29 is 25.5 Å². The first kappa shape index (κ1) is 17.0. The molecule has 0 bridgehead atoms. The van der Waals surface area contributed by atoms with E-state index in [0.717, 1.165) is 0 Å². The zero-order valence-electron chi connectivity index (χ0n) is 6.93. The summed E-state index contributed by atoms with van der Waals surface area (Å²) >= 11 is 0. The van der Waals surface area contributed by atoms with E-state index in [-0.39, 0.29) is 13.2 Å². The summed E-state index contributed by atoms with van der Waals surface area (Å²) in [5, 5.41) is 38.3. The maximum atomic E-state index is 8.17. The van der Waals surface area contributed by atoms with E-state index in [1.165, 1.54) is 0 Å². The molecule has 0 radical (unpaired) electrons. The Kier molecular flexibility index (Phi) is 35.0. The average molecular weight is 170 g/mol. The fourth-order valence-electron chi connectivity index (χ4n) is 0.0577. The molecule has 5 nitrogen and oxygen atoms in total. The number of hydrogen-bond donors (Lipinski definition) is 5. The number of rotatable bonds is 2. The summed E-state index contributed by atoms with van der Waals surface area (Å²) in [6.45, 7) is 2.52. The van der Waals surface area contributed by atoms with Gasteiger partial charge in [0.1, 0.15) is 12.9 Å². The van der Waals surface area contributed by atoms with Crippen molar-refractivity contribution in [2.45, 2.75) is 20.0 Å². The van der Waals surface area contributed by atoms with Gasteiger partial charge in [-0.15, -0.1) is 0 Å². The fraction of sp³-hybridized carbons (Fsp3) is 1.00. The van der Waals surface area contributed by atoms with Crippen LogP contribution in [0.5, 0.6) is 0 Å². The Bertz CT molecular complexity index is 38.0. The molecule has 5 N–H and O–H groups in total. The molecule has 0 saturated heterocycles. The van der Waals surface area contributed by atoms with E-state index in [1.54, 1.807) is 0 Å². The van der Waals surface area contributed by atoms with Gasteiger partial charge in [-0.25, -0.2) is 0 Å². The van der Waals surface area contributed by atoms with Gasteiger partial charge in [0.15, 0.2) is 0 Å². The van der Waals surface area contributed by atoms with Gasteiger partial charge in [-0.1, -0.05) is 13.8 Å². The third-order valence-corrected chi connectivity index (χ3v) is 0.421. The smallest absolute Gasteiger partial charge is 0.140 e. The van der Waals surface area contributed by atoms with Crippen molar-refractivity contribution in [2.24, 2.45) is 0 Å². The third kappa shape index (κ3) is 41.3. The van der Waals surface area contributed by atoms with Gasteiger partial charge in [0.05, 0.1) is 13.2 Å². The maximum Gasteiger partial charge on any atom is 0.140 e. The summed E-state index contributed by atoms with van der Waals surface area (Å²) in [7, 11) is 0. The number of hydrogen-bond acceptors (Lipinski definition) is 5. The van der Waals surface area contributed by atoms with Crippen LogP contribution in [0.3, 0.4) is 0 Å². The van der Waals surface area contributed by atoms with Crippen LogP contribution in [0, 0.1) is 0 Å². The van der Waals surface area contributed by atoms with E-state index in [9.17, 15) is 0 Å². The Morgan fingerprint density at radius 1 is 0.909 bits per heavy atom. The summed E-state index contributed by atoms with van der Waals surface area (Å²) in [5.74, 6) is 0. The molecular formula is C6H18O5. The van der Waals surface area contributed by atoms with Gasteiger partial charge < -0.3 is 25.5 Å². The highest BCUT2D eigenvalue weighted by Crippen LogP contribution is 1.71. The molecule has 0 amide bonds. The third-order valence-electron chi connectivity index (χ3n) is 0.421. The molecule has 0 spiro atoms. The van der Waals surface area contributed by atoms with E-state index >= 15 is 0 Å².